The van der Waals surface area contributed by atoms with Crippen molar-refractivity contribution in [3.05, 3.63) is 22.6 Å². The molecule has 3 heteroatoms. The van der Waals surface area contributed by atoms with E-state index in [4.69, 9.17) is 4.42 Å². The topological polar surface area (TPSA) is 30.2 Å². The van der Waals surface area contributed by atoms with Gasteiger partial charge in [0.15, 0.2) is 4.67 Å². The zero-order valence-corrected chi connectivity index (χ0v) is 8.13. The van der Waals surface area contributed by atoms with Gasteiger partial charge in [-0.1, -0.05) is 0 Å². The predicted octanol–water partition coefficient (Wildman–Crippen LogP) is 2.56. The van der Waals surface area contributed by atoms with Crippen LogP contribution < -0.4 is 0 Å². The number of carbonyl (C=O) groups is 1. The van der Waals surface area contributed by atoms with Crippen molar-refractivity contribution in [1.82, 2.24) is 0 Å². The van der Waals surface area contributed by atoms with E-state index >= 15 is 0 Å². The van der Waals surface area contributed by atoms with E-state index in [1.54, 1.807) is 6.26 Å². The first-order valence-electron chi connectivity index (χ1n) is 3.93. The minimum atomic E-state index is -0.0523. The molecule has 0 aromatic carbocycles. The molecule has 0 aliphatic heterocycles. The third-order valence-corrected chi connectivity index (χ3v) is 2.74. The van der Waals surface area contributed by atoms with Crippen molar-refractivity contribution in [3.63, 3.8) is 0 Å². The Bertz CT molecular complexity index is 299. The molecule has 1 aromatic rings. The molecule has 12 heavy (non-hydrogen) atoms. The van der Waals surface area contributed by atoms with Gasteiger partial charge in [0, 0.05) is 5.41 Å². The van der Waals surface area contributed by atoms with Gasteiger partial charge < -0.3 is 9.21 Å². The van der Waals surface area contributed by atoms with Gasteiger partial charge in [0.2, 0.25) is 0 Å². The molecule has 0 amide bonds. The fourth-order valence-corrected chi connectivity index (χ4v) is 1.73. The Morgan fingerprint density at radius 1 is 1.67 bits per heavy atom. The average Bonchev–Trinajstić information content (AvgIpc) is 2.71. The fourth-order valence-electron chi connectivity index (χ4n) is 1.34. The SMILES string of the molecule is O=CC1(Cc2coc(Br)c2)CC1. The highest BCUT2D eigenvalue weighted by molar-refractivity contribution is 9.10. The van der Waals surface area contributed by atoms with Crippen molar-refractivity contribution in [2.45, 2.75) is 19.3 Å². The first-order valence-corrected chi connectivity index (χ1v) is 4.73. The largest absolute Gasteiger partial charge is 0.457 e. The summed E-state index contributed by atoms with van der Waals surface area (Å²) >= 11 is 3.23. The second kappa shape index (κ2) is 2.73. The van der Waals surface area contributed by atoms with Crippen molar-refractivity contribution in [2.75, 3.05) is 0 Å². The molecule has 64 valence electrons. The van der Waals surface area contributed by atoms with Gasteiger partial charge >= 0.3 is 0 Å². The third-order valence-electron chi connectivity index (χ3n) is 2.32. The average molecular weight is 229 g/mol. The van der Waals surface area contributed by atoms with Crippen molar-refractivity contribution in [1.29, 1.82) is 0 Å². The smallest absolute Gasteiger partial charge is 0.169 e. The summed E-state index contributed by atoms with van der Waals surface area (Å²) in [6.07, 6.45) is 5.66. The van der Waals surface area contributed by atoms with Gasteiger partial charge in [0.05, 0.1) is 6.26 Å². The van der Waals surface area contributed by atoms with Crippen LogP contribution in [0.2, 0.25) is 0 Å². The normalized spacial score (nSPS) is 19.1. The summed E-state index contributed by atoms with van der Waals surface area (Å²) in [5.41, 5.74) is 1.05. The summed E-state index contributed by atoms with van der Waals surface area (Å²) in [4.78, 5) is 10.7. The van der Waals surface area contributed by atoms with Crippen LogP contribution in [0.15, 0.2) is 21.4 Å². The van der Waals surface area contributed by atoms with Gasteiger partial charge in [-0.3, -0.25) is 0 Å². The molecular formula is C9H9BrO2. The van der Waals surface area contributed by atoms with Crippen LogP contribution in [0.4, 0.5) is 0 Å². The number of hydrogen-bond acceptors (Lipinski definition) is 2. The lowest BCUT2D eigenvalue weighted by Crippen LogP contribution is -2.04. The van der Waals surface area contributed by atoms with Gasteiger partial charge in [-0.05, 0) is 46.8 Å². The second-order valence-corrected chi connectivity index (χ2v) is 4.20. The van der Waals surface area contributed by atoms with Crippen LogP contribution in [0, 0.1) is 5.41 Å². The van der Waals surface area contributed by atoms with Crippen molar-refractivity contribution >= 4 is 22.2 Å². The number of furan rings is 1. The molecule has 1 heterocycles. The van der Waals surface area contributed by atoms with Crippen molar-refractivity contribution < 1.29 is 9.21 Å². The van der Waals surface area contributed by atoms with E-state index in [2.05, 4.69) is 15.9 Å². The van der Waals surface area contributed by atoms with Crippen LogP contribution in [-0.4, -0.2) is 6.29 Å². The Hall–Kier alpha value is -0.570. The molecule has 0 spiro atoms. The van der Waals surface area contributed by atoms with Gasteiger partial charge in [-0.15, -0.1) is 0 Å². The highest BCUT2D eigenvalue weighted by atomic mass is 79.9. The third kappa shape index (κ3) is 1.46. The molecular weight excluding hydrogens is 220 g/mol. The lowest BCUT2D eigenvalue weighted by atomic mass is 10.0. The van der Waals surface area contributed by atoms with Gasteiger partial charge in [-0.25, -0.2) is 0 Å². The molecule has 0 N–H and O–H groups in total. The monoisotopic (exact) mass is 228 g/mol. The molecule has 2 rings (SSSR count). The van der Waals surface area contributed by atoms with Crippen LogP contribution in [0.3, 0.4) is 0 Å². The van der Waals surface area contributed by atoms with Gasteiger partial charge in [-0.2, -0.15) is 0 Å². The summed E-state index contributed by atoms with van der Waals surface area (Å²) in [5, 5.41) is 0. The van der Waals surface area contributed by atoms with Crippen molar-refractivity contribution in [2.24, 2.45) is 5.41 Å². The summed E-state index contributed by atoms with van der Waals surface area (Å²) < 4.78 is 5.82. The molecule has 1 aromatic heterocycles. The second-order valence-electron chi connectivity index (χ2n) is 3.42. The number of rotatable bonds is 3. The predicted molar refractivity (Wildman–Crippen MR) is 47.8 cm³/mol. The summed E-state index contributed by atoms with van der Waals surface area (Å²) in [7, 11) is 0. The molecule has 0 radical (unpaired) electrons. The Morgan fingerprint density at radius 3 is 2.83 bits per heavy atom. The minimum Gasteiger partial charge on any atom is -0.457 e. The van der Waals surface area contributed by atoms with Crippen molar-refractivity contribution in [3.8, 4) is 0 Å². The zero-order valence-electron chi connectivity index (χ0n) is 6.55. The van der Waals surface area contributed by atoms with Gasteiger partial charge in [0.25, 0.3) is 0 Å². The maximum atomic E-state index is 10.7. The Morgan fingerprint density at radius 2 is 2.42 bits per heavy atom. The molecule has 1 fully saturated rings. The van der Waals surface area contributed by atoms with Crippen LogP contribution >= 0.6 is 15.9 Å². The molecule has 1 saturated carbocycles. The van der Waals surface area contributed by atoms with Crippen LogP contribution in [0.1, 0.15) is 18.4 Å². The van der Waals surface area contributed by atoms with Crippen LogP contribution in [-0.2, 0) is 11.2 Å². The quantitative estimate of drug-likeness (QED) is 0.745. The molecule has 0 saturated heterocycles. The number of halogens is 1. The van der Waals surface area contributed by atoms with Gasteiger partial charge in [0.1, 0.15) is 6.29 Å². The van der Waals surface area contributed by atoms with Crippen LogP contribution in [0.5, 0.6) is 0 Å². The highest BCUT2D eigenvalue weighted by Crippen LogP contribution is 2.46. The lowest BCUT2D eigenvalue weighted by molar-refractivity contribution is -0.112. The molecule has 0 atom stereocenters. The summed E-state index contributed by atoms with van der Waals surface area (Å²) in [6, 6.07) is 1.92. The maximum Gasteiger partial charge on any atom is 0.169 e. The maximum absolute atomic E-state index is 10.7. The first-order chi connectivity index (χ1) is 5.74. The minimum absolute atomic E-state index is 0.0523. The Labute approximate surface area is 79.1 Å². The highest BCUT2D eigenvalue weighted by Gasteiger charge is 2.42. The van der Waals surface area contributed by atoms with E-state index < -0.39 is 0 Å². The van der Waals surface area contributed by atoms with E-state index in [1.165, 1.54) is 0 Å². The van der Waals surface area contributed by atoms with Crippen LogP contribution in [0.25, 0.3) is 0 Å². The number of aldehydes is 1. The Kier molecular flexibility index (Phi) is 1.83. The van der Waals surface area contributed by atoms with E-state index in [0.717, 1.165) is 35.8 Å². The first kappa shape index (κ1) is 8.05. The zero-order chi connectivity index (χ0) is 8.60. The number of carbonyl (C=O) groups excluding carboxylic acids is 1. The summed E-state index contributed by atoms with van der Waals surface area (Å²) in [5.74, 6) is 0. The molecule has 2 nitrogen and oxygen atoms in total. The van der Waals surface area contributed by atoms with E-state index in [9.17, 15) is 4.79 Å². The molecule has 1 aliphatic carbocycles. The van der Waals surface area contributed by atoms with E-state index in [0.29, 0.717) is 0 Å². The Balaban J connectivity index is 2.08. The summed E-state index contributed by atoms with van der Waals surface area (Å²) in [6.45, 7) is 0. The molecule has 0 unspecified atom stereocenters. The van der Waals surface area contributed by atoms with E-state index in [-0.39, 0.29) is 5.41 Å². The standard InChI is InChI=1S/C9H9BrO2/c10-8-3-7(5-12-8)4-9(6-11)1-2-9/h3,5-6H,1-2,4H2. The molecule has 1 aliphatic rings. The lowest BCUT2D eigenvalue weighted by Gasteiger charge is -2.01. The number of hydrogen-bond donors (Lipinski definition) is 0. The molecule has 0 bridgehead atoms. The fraction of sp³-hybridized carbons (Fsp3) is 0.444. The van der Waals surface area contributed by atoms with E-state index in [1.807, 2.05) is 6.07 Å².